The molecule has 0 aromatic heterocycles. The molecule has 0 aliphatic heterocycles. The maximum atomic E-state index is 3.84. The number of aliphatic imine (C=N–C) groups is 1. The van der Waals surface area contributed by atoms with Crippen molar-refractivity contribution in [2.24, 2.45) is 4.99 Å². The summed E-state index contributed by atoms with van der Waals surface area (Å²) in [5, 5.41) is 3.23. The van der Waals surface area contributed by atoms with Gasteiger partial charge in [-0.05, 0) is 19.4 Å². The van der Waals surface area contributed by atoms with E-state index >= 15 is 0 Å². The molecule has 0 heterocycles. The molecule has 0 aromatic carbocycles. The fraction of sp³-hybridized carbons (Fsp3) is 0.444. The van der Waals surface area contributed by atoms with Crippen molar-refractivity contribution in [2.75, 3.05) is 6.54 Å². The average molecular weight is 152 g/mol. The van der Waals surface area contributed by atoms with Gasteiger partial charge in [-0.1, -0.05) is 13.5 Å². The molecule has 0 radical (unpaired) electrons. The fourth-order valence-corrected chi connectivity index (χ4v) is 0.597. The highest BCUT2D eigenvalue weighted by molar-refractivity contribution is 5.72. The molecule has 0 unspecified atom stereocenters. The lowest BCUT2D eigenvalue weighted by Gasteiger charge is -2.01. The Morgan fingerprint density at radius 2 is 2.36 bits per heavy atom. The van der Waals surface area contributed by atoms with E-state index in [0.717, 1.165) is 18.7 Å². The van der Waals surface area contributed by atoms with Gasteiger partial charge in [0.2, 0.25) is 0 Å². The first-order valence-electron chi connectivity index (χ1n) is 3.86. The van der Waals surface area contributed by atoms with E-state index in [4.69, 9.17) is 0 Å². The predicted molar refractivity (Wildman–Crippen MR) is 50.7 cm³/mol. The number of nitrogens with zero attached hydrogens (tertiary/aromatic N) is 1. The van der Waals surface area contributed by atoms with Gasteiger partial charge in [0.25, 0.3) is 0 Å². The van der Waals surface area contributed by atoms with Gasteiger partial charge in [0, 0.05) is 24.7 Å². The summed E-state index contributed by atoms with van der Waals surface area (Å²) in [7, 11) is 0. The van der Waals surface area contributed by atoms with Gasteiger partial charge in [-0.25, -0.2) is 0 Å². The van der Waals surface area contributed by atoms with Crippen molar-refractivity contribution in [1.82, 2.24) is 5.32 Å². The van der Waals surface area contributed by atoms with Crippen LogP contribution in [0.2, 0.25) is 0 Å². The first-order chi connectivity index (χ1) is 5.31. The third kappa shape index (κ3) is 6.84. The Bertz CT molecular complexity index is 157. The summed E-state index contributed by atoms with van der Waals surface area (Å²) in [4.78, 5) is 3.84. The molecular weight excluding hydrogens is 136 g/mol. The predicted octanol–water partition coefficient (Wildman–Crippen LogP) is 2.10. The van der Waals surface area contributed by atoms with Crippen LogP contribution in [-0.2, 0) is 0 Å². The van der Waals surface area contributed by atoms with Crippen LogP contribution in [0.4, 0.5) is 0 Å². The summed E-state index contributed by atoms with van der Waals surface area (Å²) in [6, 6.07) is 0. The summed E-state index contributed by atoms with van der Waals surface area (Å²) in [6.45, 7) is 8.65. The quantitative estimate of drug-likeness (QED) is 0.599. The second kappa shape index (κ2) is 7.06. The van der Waals surface area contributed by atoms with Gasteiger partial charge in [-0.3, -0.25) is 4.99 Å². The number of hydrogen-bond acceptors (Lipinski definition) is 2. The van der Waals surface area contributed by atoms with Crippen molar-refractivity contribution in [2.45, 2.75) is 20.3 Å². The second-order valence-electron chi connectivity index (χ2n) is 2.26. The maximum absolute atomic E-state index is 3.84. The minimum Gasteiger partial charge on any atom is -0.389 e. The van der Waals surface area contributed by atoms with Gasteiger partial charge in [0.15, 0.2) is 0 Å². The molecule has 0 amide bonds. The van der Waals surface area contributed by atoms with Crippen molar-refractivity contribution in [3.8, 4) is 0 Å². The van der Waals surface area contributed by atoms with Crippen LogP contribution in [0.1, 0.15) is 20.3 Å². The van der Waals surface area contributed by atoms with Crippen LogP contribution in [0.5, 0.6) is 0 Å². The van der Waals surface area contributed by atoms with E-state index in [9.17, 15) is 0 Å². The average Bonchev–Trinajstić information content (AvgIpc) is 2.01. The SMILES string of the molecule is C=CN=C/C=C(\C)NCCC. The molecule has 62 valence electrons. The Morgan fingerprint density at radius 1 is 1.64 bits per heavy atom. The zero-order valence-electron chi connectivity index (χ0n) is 7.30. The van der Waals surface area contributed by atoms with E-state index in [1.807, 2.05) is 13.0 Å². The number of allylic oxidation sites excluding steroid dienone is 2. The molecule has 2 nitrogen and oxygen atoms in total. The molecule has 0 bridgehead atoms. The third-order valence-electron chi connectivity index (χ3n) is 1.17. The van der Waals surface area contributed by atoms with E-state index in [-0.39, 0.29) is 0 Å². The van der Waals surface area contributed by atoms with Crippen LogP contribution in [-0.4, -0.2) is 12.8 Å². The molecule has 0 saturated heterocycles. The Hall–Kier alpha value is -1.05. The van der Waals surface area contributed by atoms with Crippen molar-refractivity contribution in [3.05, 3.63) is 24.6 Å². The van der Waals surface area contributed by atoms with Gasteiger partial charge in [0.1, 0.15) is 0 Å². The van der Waals surface area contributed by atoms with Gasteiger partial charge in [-0.2, -0.15) is 0 Å². The standard InChI is InChI=1S/C9H16N2/c1-4-7-11-9(3)6-8-10-5-2/h5-6,8,11H,2,4,7H2,1,3H3/b9-6+,10-8?. The fourth-order valence-electron chi connectivity index (χ4n) is 0.597. The molecule has 0 rings (SSSR count). The Balaban J connectivity index is 3.61. The summed E-state index contributed by atoms with van der Waals surface area (Å²) in [5.74, 6) is 0. The number of hydrogen-bond donors (Lipinski definition) is 1. The highest BCUT2D eigenvalue weighted by Gasteiger charge is 1.81. The molecule has 0 saturated carbocycles. The normalized spacial score (nSPS) is 12.0. The first-order valence-corrected chi connectivity index (χ1v) is 3.86. The largest absolute Gasteiger partial charge is 0.389 e. The van der Waals surface area contributed by atoms with E-state index < -0.39 is 0 Å². The Labute approximate surface area is 68.7 Å². The van der Waals surface area contributed by atoms with Crippen molar-refractivity contribution >= 4 is 6.21 Å². The summed E-state index contributed by atoms with van der Waals surface area (Å²) >= 11 is 0. The van der Waals surface area contributed by atoms with E-state index in [1.54, 1.807) is 6.21 Å². The van der Waals surface area contributed by atoms with Crippen LogP contribution in [0.3, 0.4) is 0 Å². The smallest absolute Gasteiger partial charge is 0.0284 e. The first kappa shape index (κ1) is 9.95. The van der Waals surface area contributed by atoms with Crippen LogP contribution >= 0.6 is 0 Å². The molecule has 0 atom stereocenters. The van der Waals surface area contributed by atoms with E-state index in [0.29, 0.717) is 0 Å². The molecule has 2 heteroatoms. The molecule has 1 N–H and O–H groups in total. The van der Waals surface area contributed by atoms with Crippen LogP contribution < -0.4 is 5.32 Å². The molecule has 0 fully saturated rings. The van der Waals surface area contributed by atoms with Crippen LogP contribution in [0, 0.1) is 0 Å². The molecule has 0 aromatic rings. The molecule has 0 spiro atoms. The van der Waals surface area contributed by atoms with Crippen molar-refractivity contribution in [1.29, 1.82) is 0 Å². The van der Waals surface area contributed by atoms with Gasteiger partial charge < -0.3 is 5.32 Å². The molecule has 11 heavy (non-hydrogen) atoms. The van der Waals surface area contributed by atoms with Gasteiger partial charge in [-0.15, -0.1) is 0 Å². The topological polar surface area (TPSA) is 24.4 Å². The number of nitrogens with one attached hydrogen (secondary N) is 1. The lowest BCUT2D eigenvalue weighted by Crippen LogP contribution is -2.11. The number of rotatable bonds is 5. The monoisotopic (exact) mass is 152 g/mol. The maximum Gasteiger partial charge on any atom is 0.0284 e. The van der Waals surface area contributed by atoms with Crippen LogP contribution in [0.25, 0.3) is 0 Å². The highest BCUT2D eigenvalue weighted by atomic mass is 14.9. The lowest BCUT2D eigenvalue weighted by molar-refractivity contribution is 0.771. The van der Waals surface area contributed by atoms with Crippen molar-refractivity contribution < 1.29 is 0 Å². The Kier molecular flexibility index (Phi) is 6.39. The van der Waals surface area contributed by atoms with Crippen LogP contribution in [0.15, 0.2) is 29.5 Å². The second-order valence-corrected chi connectivity index (χ2v) is 2.26. The molecular formula is C9H16N2. The molecule has 0 aliphatic rings. The summed E-state index contributed by atoms with van der Waals surface area (Å²) in [5.41, 5.74) is 1.14. The Morgan fingerprint density at radius 3 is 2.91 bits per heavy atom. The van der Waals surface area contributed by atoms with Gasteiger partial charge in [0.05, 0.1) is 0 Å². The van der Waals surface area contributed by atoms with E-state index in [1.165, 1.54) is 6.20 Å². The third-order valence-corrected chi connectivity index (χ3v) is 1.17. The van der Waals surface area contributed by atoms with E-state index in [2.05, 4.69) is 23.8 Å². The zero-order valence-corrected chi connectivity index (χ0v) is 7.30. The minimum atomic E-state index is 1.02. The molecule has 0 aliphatic carbocycles. The zero-order chi connectivity index (χ0) is 8.53. The van der Waals surface area contributed by atoms with Crippen molar-refractivity contribution in [3.63, 3.8) is 0 Å². The highest BCUT2D eigenvalue weighted by Crippen LogP contribution is 1.84. The summed E-state index contributed by atoms with van der Waals surface area (Å²) < 4.78 is 0. The minimum absolute atomic E-state index is 1.02. The lowest BCUT2D eigenvalue weighted by atomic mass is 10.4. The summed E-state index contributed by atoms with van der Waals surface area (Å²) in [6.07, 6.45) is 6.32. The van der Waals surface area contributed by atoms with Gasteiger partial charge >= 0.3 is 0 Å².